The zero-order valence-electron chi connectivity index (χ0n) is 16.4. The van der Waals surface area contributed by atoms with Crippen molar-refractivity contribution in [1.29, 1.82) is 0 Å². The quantitative estimate of drug-likeness (QED) is 0.741. The number of aromatic nitrogens is 1. The Morgan fingerprint density at radius 1 is 1.24 bits per heavy atom. The van der Waals surface area contributed by atoms with Crippen molar-refractivity contribution in [3.8, 4) is 0 Å². The molecule has 154 valence electrons. The molecule has 0 saturated carbocycles. The van der Waals surface area contributed by atoms with E-state index in [1.165, 1.54) is 6.07 Å². The molecule has 7 heteroatoms. The minimum absolute atomic E-state index is 0.0262. The molecule has 2 aromatic rings. The van der Waals surface area contributed by atoms with E-state index in [1.807, 2.05) is 24.4 Å². The molecule has 1 atom stereocenters. The molecule has 1 amide bonds. The van der Waals surface area contributed by atoms with Crippen LogP contribution in [0.15, 0.2) is 48.8 Å². The third-order valence-corrected chi connectivity index (χ3v) is 5.91. The van der Waals surface area contributed by atoms with Gasteiger partial charge < -0.3 is 15.4 Å². The number of hydrogen-bond acceptors (Lipinski definition) is 5. The SMILES string of the molecule is O=C(NCC(c1cccnc1)N1CCOCC1)C1(Cc2ccccc2F)CNC1. The number of nitrogens with one attached hydrogen (secondary N) is 2. The van der Waals surface area contributed by atoms with Gasteiger partial charge in [-0.05, 0) is 29.7 Å². The molecule has 0 aliphatic carbocycles. The number of nitrogens with zero attached hydrogens (tertiary/aromatic N) is 2. The highest BCUT2D eigenvalue weighted by Crippen LogP contribution is 2.30. The number of halogens is 1. The first kappa shape index (κ1) is 19.9. The van der Waals surface area contributed by atoms with Crippen molar-refractivity contribution in [3.63, 3.8) is 0 Å². The molecule has 1 unspecified atom stereocenters. The zero-order valence-corrected chi connectivity index (χ0v) is 16.4. The maximum absolute atomic E-state index is 14.1. The van der Waals surface area contributed by atoms with E-state index in [4.69, 9.17) is 4.74 Å². The van der Waals surface area contributed by atoms with Crippen molar-refractivity contribution in [3.05, 3.63) is 65.7 Å². The Balaban J connectivity index is 1.46. The molecule has 4 rings (SSSR count). The van der Waals surface area contributed by atoms with Gasteiger partial charge in [-0.25, -0.2) is 4.39 Å². The Morgan fingerprint density at radius 3 is 2.69 bits per heavy atom. The fraction of sp³-hybridized carbons (Fsp3) is 0.455. The number of hydrogen-bond donors (Lipinski definition) is 2. The summed E-state index contributed by atoms with van der Waals surface area (Å²) in [6.45, 7) is 4.61. The largest absolute Gasteiger partial charge is 0.379 e. The number of amides is 1. The molecule has 0 spiro atoms. The summed E-state index contributed by atoms with van der Waals surface area (Å²) in [5, 5.41) is 6.33. The van der Waals surface area contributed by atoms with E-state index in [2.05, 4.69) is 20.5 Å². The van der Waals surface area contributed by atoms with Crippen molar-refractivity contribution in [2.24, 2.45) is 5.41 Å². The molecule has 2 aliphatic rings. The van der Waals surface area contributed by atoms with E-state index in [0.29, 0.717) is 44.8 Å². The van der Waals surface area contributed by atoms with Crippen LogP contribution >= 0.6 is 0 Å². The van der Waals surface area contributed by atoms with Crippen molar-refractivity contribution in [2.75, 3.05) is 45.9 Å². The zero-order chi connectivity index (χ0) is 20.1. The number of ether oxygens (including phenoxy) is 1. The summed E-state index contributed by atoms with van der Waals surface area (Å²) in [4.78, 5) is 19.7. The Kier molecular flexibility index (Phi) is 6.18. The molecule has 0 bridgehead atoms. The number of benzene rings is 1. The van der Waals surface area contributed by atoms with Gasteiger partial charge in [0.15, 0.2) is 0 Å². The van der Waals surface area contributed by atoms with Crippen LogP contribution in [0.4, 0.5) is 4.39 Å². The summed E-state index contributed by atoms with van der Waals surface area (Å²) in [7, 11) is 0. The maximum atomic E-state index is 14.1. The third kappa shape index (κ3) is 4.47. The Hall–Kier alpha value is -2.35. The van der Waals surface area contributed by atoms with Gasteiger partial charge in [-0.15, -0.1) is 0 Å². The molecule has 2 N–H and O–H groups in total. The number of carbonyl (C=O) groups excluding carboxylic acids is 1. The second-order valence-electron chi connectivity index (χ2n) is 7.81. The lowest BCUT2D eigenvalue weighted by Gasteiger charge is -2.42. The molecular weight excluding hydrogens is 371 g/mol. The predicted octanol–water partition coefficient (Wildman–Crippen LogP) is 1.54. The summed E-state index contributed by atoms with van der Waals surface area (Å²) < 4.78 is 19.6. The van der Waals surface area contributed by atoms with Crippen LogP contribution in [-0.4, -0.2) is 61.7 Å². The molecule has 29 heavy (non-hydrogen) atoms. The Labute approximate surface area is 170 Å². The van der Waals surface area contributed by atoms with Crippen LogP contribution in [0.3, 0.4) is 0 Å². The lowest BCUT2D eigenvalue weighted by Crippen LogP contribution is -2.63. The summed E-state index contributed by atoms with van der Waals surface area (Å²) in [5.74, 6) is -0.283. The lowest BCUT2D eigenvalue weighted by molar-refractivity contribution is -0.134. The second kappa shape index (κ2) is 8.98. The summed E-state index contributed by atoms with van der Waals surface area (Å²) >= 11 is 0. The average Bonchev–Trinajstić information content (AvgIpc) is 2.73. The van der Waals surface area contributed by atoms with E-state index in [-0.39, 0.29) is 17.8 Å². The number of pyridine rings is 1. The van der Waals surface area contributed by atoms with Crippen LogP contribution in [0.1, 0.15) is 17.2 Å². The molecule has 1 aromatic heterocycles. The van der Waals surface area contributed by atoms with Crippen LogP contribution in [-0.2, 0) is 16.0 Å². The highest BCUT2D eigenvalue weighted by molar-refractivity contribution is 5.84. The Bertz CT molecular complexity index is 823. The topological polar surface area (TPSA) is 66.5 Å². The van der Waals surface area contributed by atoms with Crippen molar-refractivity contribution in [2.45, 2.75) is 12.5 Å². The summed E-state index contributed by atoms with van der Waals surface area (Å²) in [6, 6.07) is 10.7. The van der Waals surface area contributed by atoms with E-state index in [0.717, 1.165) is 18.7 Å². The van der Waals surface area contributed by atoms with Gasteiger partial charge in [0.05, 0.1) is 24.7 Å². The molecular formula is C22H27FN4O2. The first-order valence-electron chi connectivity index (χ1n) is 10.1. The van der Waals surface area contributed by atoms with E-state index < -0.39 is 5.41 Å². The molecule has 6 nitrogen and oxygen atoms in total. The Morgan fingerprint density at radius 2 is 2.03 bits per heavy atom. The normalized spacial score (nSPS) is 19.9. The summed E-state index contributed by atoms with van der Waals surface area (Å²) in [5.41, 5.74) is 1.05. The van der Waals surface area contributed by atoms with Crippen molar-refractivity contribution < 1.29 is 13.9 Å². The molecule has 2 aliphatic heterocycles. The van der Waals surface area contributed by atoms with Gasteiger partial charge in [-0.2, -0.15) is 0 Å². The number of rotatable bonds is 7. The monoisotopic (exact) mass is 398 g/mol. The lowest BCUT2D eigenvalue weighted by atomic mass is 9.75. The van der Waals surface area contributed by atoms with Gasteiger partial charge in [0.1, 0.15) is 5.82 Å². The van der Waals surface area contributed by atoms with Gasteiger partial charge in [0, 0.05) is 45.1 Å². The average molecular weight is 398 g/mol. The highest BCUT2D eigenvalue weighted by Gasteiger charge is 2.44. The number of carbonyl (C=O) groups is 1. The second-order valence-corrected chi connectivity index (χ2v) is 7.81. The number of morpholine rings is 1. The third-order valence-electron chi connectivity index (χ3n) is 5.91. The molecule has 3 heterocycles. The fourth-order valence-electron chi connectivity index (χ4n) is 4.10. The molecule has 1 aromatic carbocycles. The van der Waals surface area contributed by atoms with Crippen LogP contribution < -0.4 is 10.6 Å². The summed E-state index contributed by atoms with van der Waals surface area (Å²) in [6.07, 6.45) is 4.00. The van der Waals surface area contributed by atoms with Crippen LogP contribution in [0.5, 0.6) is 0 Å². The first-order chi connectivity index (χ1) is 14.2. The van der Waals surface area contributed by atoms with E-state index in [9.17, 15) is 9.18 Å². The smallest absolute Gasteiger partial charge is 0.229 e. The standard InChI is InChI=1S/C22H27FN4O2/c23-19-6-2-1-4-17(19)12-22(15-25-16-22)21(28)26-14-20(18-5-3-7-24-13-18)27-8-10-29-11-9-27/h1-7,13,20,25H,8-12,14-16H2,(H,26,28). The molecule has 0 radical (unpaired) electrons. The minimum Gasteiger partial charge on any atom is -0.379 e. The van der Waals surface area contributed by atoms with Crippen LogP contribution in [0, 0.1) is 11.2 Å². The van der Waals surface area contributed by atoms with Gasteiger partial charge in [-0.3, -0.25) is 14.7 Å². The van der Waals surface area contributed by atoms with Gasteiger partial charge >= 0.3 is 0 Å². The molecule has 2 fully saturated rings. The van der Waals surface area contributed by atoms with Gasteiger partial charge in [0.25, 0.3) is 0 Å². The predicted molar refractivity (Wildman–Crippen MR) is 108 cm³/mol. The van der Waals surface area contributed by atoms with Crippen molar-refractivity contribution in [1.82, 2.24) is 20.5 Å². The maximum Gasteiger partial charge on any atom is 0.229 e. The van der Waals surface area contributed by atoms with Crippen LogP contribution in [0.25, 0.3) is 0 Å². The molecule has 2 saturated heterocycles. The highest BCUT2D eigenvalue weighted by atomic mass is 19.1. The van der Waals surface area contributed by atoms with Crippen molar-refractivity contribution >= 4 is 5.91 Å². The van der Waals surface area contributed by atoms with Crippen LogP contribution in [0.2, 0.25) is 0 Å². The minimum atomic E-state index is -0.604. The van der Waals surface area contributed by atoms with E-state index in [1.54, 1.807) is 18.3 Å². The van der Waals surface area contributed by atoms with Gasteiger partial charge in [0.2, 0.25) is 5.91 Å². The first-order valence-corrected chi connectivity index (χ1v) is 10.1. The van der Waals surface area contributed by atoms with E-state index >= 15 is 0 Å². The van der Waals surface area contributed by atoms with Gasteiger partial charge in [-0.1, -0.05) is 24.3 Å². The fourth-order valence-corrected chi connectivity index (χ4v) is 4.10.